The van der Waals surface area contributed by atoms with Crippen molar-refractivity contribution in [2.24, 2.45) is 0 Å². The van der Waals surface area contributed by atoms with Crippen LogP contribution in [0.4, 0.5) is 17.1 Å². The van der Waals surface area contributed by atoms with Crippen LogP contribution in [0.2, 0.25) is 0 Å². The lowest BCUT2D eigenvalue weighted by molar-refractivity contribution is 1.17. The van der Waals surface area contributed by atoms with Crippen LogP contribution in [0.3, 0.4) is 0 Å². The molecular weight excluding hydrogens is 705 g/mol. The molecule has 2 aromatic heterocycles. The van der Waals surface area contributed by atoms with Gasteiger partial charge in [0.1, 0.15) is 0 Å². The van der Waals surface area contributed by atoms with Crippen LogP contribution in [-0.2, 0) is 0 Å². The van der Waals surface area contributed by atoms with Gasteiger partial charge in [-0.25, -0.2) is 9.97 Å². The van der Waals surface area contributed by atoms with E-state index < -0.39 is 0 Å². The van der Waals surface area contributed by atoms with Gasteiger partial charge in [-0.15, -0.1) is 0 Å². The smallest absolute Gasteiger partial charge is 0.160 e. The second-order valence-corrected chi connectivity index (χ2v) is 14.6. The van der Waals surface area contributed by atoms with Gasteiger partial charge in [0.2, 0.25) is 0 Å². The summed E-state index contributed by atoms with van der Waals surface area (Å²) in [7, 11) is 0. The number of anilines is 3. The van der Waals surface area contributed by atoms with Crippen molar-refractivity contribution in [2.45, 2.75) is 0 Å². The minimum Gasteiger partial charge on any atom is -0.310 e. The van der Waals surface area contributed by atoms with Crippen LogP contribution in [0.15, 0.2) is 218 Å². The monoisotopic (exact) mass is 740 g/mol. The summed E-state index contributed by atoms with van der Waals surface area (Å²) in [6, 6.07) is 77.5. The van der Waals surface area contributed by atoms with Crippen molar-refractivity contribution in [1.29, 1.82) is 0 Å². The van der Waals surface area contributed by atoms with E-state index in [2.05, 4.69) is 204 Å². The molecule has 0 bridgehead atoms. The standard InChI is InChI=1S/C54H36N4/c1-5-15-37(16-6-1)38-25-28-43(29-26-38)57(42-22-11-4-12-23-42)45-30-32-47-51(36-45)58(50-34-27-39-17-13-14-24-46(39)52(47)50)44-31-33-49-48(35-44)53(40-18-7-2-8-19-40)56-54(55-49)41-20-9-3-10-21-41/h1-36H. The number of fused-ring (bicyclic) bond motifs is 6. The van der Waals surface area contributed by atoms with E-state index in [9.17, 15) is 0 Å². The van der Waals surface area contributed by atoms with E-state index in [-0.39, 0.29) is 0 Å². The molecule has 11 rings (SSSR count). The molecule has 0 amide bonds. The molecule has 11 aromatic rings. The fourth-order valence-corrected chi connectivity index (χ4v) is 8.44. The van der Waals surface area contributed by atoms with Crippen LogP contribution < -0.4 is 4.90 Å². The van der Waals surface area contributed by atoms with Crippen molar-refractivity contribution in [3.05, 3.63) is 218 Å². The highest BCUT2D eigenvalue weighted by molar-refractivity contribution is 6.22. The maximum Gasteiger partial charge on any atom is 0.160 e. The number of hydrogen-bond donors (Lipinski definition) is 0. The van der Waals surface area contributed by atoms with E-state index in [0.29, 0.717) is 5.82 Å². The van der Waals surface area contributed by atoms with Gasteiger partial charge in [-0.1, -0.05) is 158 Å². The first-order valence-corrected chi connectivity index (χ1v) is 19.7. The van der Waals surface area contributed by atoms with Gasteiger partial charge in [-0.3, -0.25) is 0 Å². The average Bonchev–Trinajstić information content (AvgIpc) is 3.64. The normalized spacial score (nSPS) is 11.4. The van der Waals surface area contributed by atoms with Crippen molar-refractivity contribution in [1.82, 2.24) is 14.5 Å². The molecule has 0 radical (unpaired) electrons. The highest BCUT2D eigenvalue weighted by atomic mass is 15.1. The Morgan fingerprint density at radius 3 is 1.71 bits per heavy atom. The lowest BCUT2D eigenvalue weighted by Crippen LogP contribution is -2.10. The van der Waals surface area contributed by atoms with Crippen molar-refractivity contribution >= 4 is 60.5 Å². The highest BCUT2D eigenvalue weighted by Gasteiger charge is 2.20. The second kappa shape index (κ2) is 14.0. The predicted octanol–water partition coefficient (Wildman–Crippen LogP) is 14.4. The summed E-state index contributed by atoms with van der Waals surface area (Å²) >= 11 is 0. The molecule has 0 saturated carbocycles. The Bertz CT molecular complexity index is 3250. The number of nitrogens with zero attached hydrogens (tertiary/aromatic N) is 4. The Morgan fingerprint density at radius 2 is 0.966 bits per heavy atom. The predicted molar refractivity (Wildman–Crippen MR) is 242 cm³/mol. The summed E-state index contributed by atoms with van der Waals surface area (Å²) in [6.07, 6.45) is 0. The zero-order valence-electron chi connectivity index (χ0n) is 31.6. The van der Waals surface area contributed by atoms with Crippen molar-refractivity contribution in [3.8, 4) is 39.5 Å². The Balaban J connectivity index is 1.15. The molecule has 0 aliphatic carbocycles. The molecule has 4 nitrogen and oxygen atoms in total. The van der Waals surface area contributed by atoms with E-state index >= 15 is 0 Å². The molecule has 9 aromatic carbocycles. The van der Waals surface area contributed by atoms with Gasteiger partial charge in [-0.2, -0.15) is 0 Å². The molecule has 0 atom stereocenters. The molecule has 0 saturated heterocycles. The van der Waals surface area contributed by atoms with E-state index in [4.69, 9.17) is 9.97 Å². The molecule has 0 aliphatic rings. The lowest BCUT2D eigenvalue weighted by atomic mass is 10.0. The van der Waals surface area contributed by atoms with Gasteiger partial charge in [0, 0.05) is 50.0 Å². The Kier molecular flexibility index (Phi) is 8.11. The zero-order chi connectivity index (χ0) is 38.4. The highest BCUT2D eigenvalue weighted by Crippen LogP contribution is 2.42. The number of benzene rings is 9. The molecule has 0 spiro atoms. The average molecular weight is 741 g/mol. The molecule has 272 valence electrons. The first-order chi connectivity index (χ1) is 28.8. The van der Waals surface area contributed by atoms with Crippen LogP contribution >= 0.6 is 0 Å². The molecule has 2 heterocycles. The third-order valence-corrected chi connectivity index (χ3v) is 11.2. The summed E-state index contributed by atoms with van der Waals surface area (Å²) in [4.78, 5) is 12.7. The molecular formula is C54H36N4. The van der Waals surface area contributed by atoms with Gasteiger partial charge in [-0.05, 0) is 82.6 Å². The third kappa shape index (κ3) is 5.78. The van der Waals surface area contributed by atoms with Gasteiger partial charge < -0.3 is 9.47 Å². The van der Waals surface area contributed by atoms with Crippen LogP contribution in [0.25, 0.3) is 82.9 Å². The number of rotatable bonds is 7. The first kappa shape index (κ1) is 33.5. The molecule has 0 aliphatic heterocycles. The largest absolute Gasteiger partial charge is 0.310 e. The van der Waals surface area contributed by atoms with E-state index in [1.165, 1.54) is 32.7 Å². The van der Waals surface area contributed by atoms with Gasteiger partial charge in [0.25, 0.3) is 0 Å². The summed E-state index contributed by atoms with van der Waals surface area (Å²) in [5, 5.41) is 5.88. The third-order valence-electron chi connectivity index (χ3n) is 11.2. The van der Waals surface area contributed by atoms with Gasteiger partial charge in [0.05, 0.1) is 22.2 Å². The lowest BCUT2D eigenvalue weighted by Gasteiger charge is -2.26. The molecule has 0 unspecified atom stereocenters. The van der Waals surface area contributed by atoms with Crippen molar-refractivity contribution in [2.75, 3.05) is 4.90 Å². The Labute approximate surface area is 336 Å². The quantitative estimate of drug-likeness (QED) is 0.163. The summed E-state index contributed by atoms with van der Waals surface area (Å²) < 4.78 is 2.42. The summed E-state index contributed by atoms with van der Waals surface area (Å²) in [5.41, 5.74) is 12.8. The second-order valence-electron chi connectivity index (χ2n) is 14.6. The minimum atomic E-state index is 0.713. The number of hydrogen-bond acceptors (Lipinski definition) is 3. The summed E-state index contributed by atoms with van der Waals surface area (Å²) in [5.74, 6) is 0.713. The van der Waals surface area contributed by atoms with E-state index in [1.54, 1.807) is 0 Å². The maximum absolute atomic E-state index is 5.23. The fourth-order valence-electron chi connectivity index (χ4n) is 8.44. The fraction of sp³-hybridized carbons (Fsp3) is 0. The Hall–Kier alpha value is -7.82. The zero-order valence-corrected chi connectivity index (χ0v) is 31.6. The van der Waals surface area contributed by atoms with Crippen molar-refractivity contribution < 1.29 is 0 Å². The van der Waals surface area contributed by atoms with Crippen LogP contribution in [0, 0.1) is 0 Å². The van der Waals surface area contributed by atoms with Crippen LogP contribution in [-0.4, -0.2) is 14.5 Å². The van der Waals surface area contributed by atoms with E-state index in [0.717, 1.165) is 61.5 Å². The topological polar surface area (TPSA) is 34.0 Å². The number of para-hydroxylation sites is 1. The Morgan fingerprint density at radius 1 is 0.362 bits per heavy atom. The molecule has 58 heavy (non-hydrogen) atoms. The SMILES string of the molecule is c1ccc(-c2ccc(N(c3ccccc3)c3ccc4c5c6ccccc6ccc5n(-c5ccc6nc(-c7ccccc7)nc(-c7ccccc7)c6c5)c4c3)cc2)cc1. The minimum absolute atomic E-state index is 0.713. The molecule has 4 heteroatoms. The van der Waals surface area contributed by atoms with Crippen LogP contribution in [0.5, 0.6) is 0 Å². The van der Waals surface area contributed by atoms with Gasteiger partial charge in [0.15, 0.2) is 5.82 Å². The van der Waals surface area contributed by atoms with E-state index in [1.807, 2.05) is 24.3 Å². The maximum atomic E-state index is 5.23. The molecule has 0 fully saturated rings. The molecule has 0 N–H and O–H groups in total. The van der Waals surface area contributed by atoms with Gasteiger partial charge >= 0.3 is 0 Å². The summed E-state index contributed by atoms with van der Waals surface area (Å²) in [6.45, 7) is 0. The first-order valence-electron chi connectivity index (χ1n) is 19.7. The van der Waals surface area contributed by atoms with Crippen molar-refractivity contribution in [3.63, 3.8) is 0 Å². The van der Waals surface area contributed by atoms with Crippen LogP contribution in [0.1, 0.15) is 0 Å². The number of aromatic nitrogens is 3.